The number of aromatic nitrogens is 4. The van der Waals surface area contributed by atoms with Crippen molar-refractivity contribution in [2.24, 2.45) is 12.8 Å². The van der Waals surface area contributed by atoms with Gasteiger partial charge in [0.1, 0.15) is 23.1 Å². The van der Waals surface area contributed by atoms with Gasteiger partial charge in [0.05, 0.1) is 39.7 Å². The molecule has 2 aromatic carbocycles. The van der Waals surface area contributed by atoms with Crippen LogP contribution in [0, 0.1) is 17.1 Å². The first-order valence-corrected chi connectivity index (χ1v) is 14.8. The number of nitrogens with two attached hydrogens (primary N) is 1. The fourth-order valence-electron chi connectivity index (χ4n) is 4.57. The third-order valence-electron chi connectivity index (χ3n) is 6.64. The number of halogens is 5. The van der Waals surface area contributed by atoms with Crippen molar-refractivity contribution in [1.82, 2.24) is 19.6 Å². The molecule has 2 aromatic heterocycles. The SMILES string of the molecule is Cn1ncc(-c2cc(OCC(F)(F)F)c3c(=O)n(COP(=O)(O)O)nc(CN)c3c2)c1-c1c(F)c(Cl)cc(OC2CC2)c1C#N. The number of fused-ring (bicyclic) bond motifs is 1. The van der Waals surface area contributed by atoms with Gasteiger partial charge in [-0.1, -0.05) is 11.6 Å². The molecule has 1 aliphatic carbocycles. The predicted octanol–water partition coefficient (Wildman–Crippen LogP) is 4.14. The second kappa shape index (κ2) is 12.0. The van der Waals surface area contributed by atoms with Crippen molar-refractivity contribution in [3.63, 3.8) is 0 Å². The molecule has 0 spiro atoms. The van der Waals surface area contributed by atoms with E-state index in [0.29, 0.717) is 4.68 Å². The van der Waals surface area contributed by atoms with Crippen LogP contribution >= 0.6 is 19.4 Å². The van der Waals surface area contributed by atoms with Crippen molar-refractivity contribution in [2.75, 3.05) is 6.61 Å². The first-order chi connectivity index (χ1) is 21.1. The second-order valence-electron chi connectivity index (χ2n) is 9.89. The third kappa shape index (κ3) is 6.81. The maximum Gasteiger partial charge on any atom is 0.471 e. The lowest BCUT2D eigenvalue weighted by atomic mass is 9.95. The van der Waals surface area contributed by atoms with E-state index in [2.05, 4.69) is 14.7 Å². The Hall–Kier alpha value is -4.04. The van der Waals surface area contributed by atoms with Gasteiger partial charge < -0.3 is 25.0 Å². The number of hydrogen-bond acceptors (Lipinski definition) is 9. The second-order valence-corrected chi connectivity index (χ2v) is 11.5. The first-order valence-electron chi connectivity index (χ1n) is 12.9. The Bertz CT molecular complexity index is 1970. The van der Waals surface area contributed by atoms with Crippen LogP contribution in [-0.4, -0.2) is 48.2 Å². The van der Waals surface area contributed by atoms with E-state index in [0.717, 1.165) is 18.9 Å². The fourth-order valence-corrected chi connectivity index (χ4v) is 5.03. The van der Waals surface area contributed by atoms with E-state index >= 15 is 4.39 Å². The largest absolute Gasteiger partial charge is 0.489 e. The molecule has 19 heteroatoms. The number of benzene rings is 2. The number of rotatable bonds is 10. The summed E-state index contributed by atoms with van der Waals surface area (Å²) < 4.78 is 83.6. The lowest BCUT2D eigenvalue weighted by Gasteiger charge is -2.18. The van der Waals surface area contributed by atoms with Crippen LogP contribution in [0.15, 0.2) is 29.2 Å². The standard InChI is InChI=1S/C26H22ClF4N6O7P/c1-36-24(22-15(7-32)19(44-13-2-3-13)6-17(27)23(22)28)16(9-34-36)12-4-14-18(8-33)35-37(11-43-45(39,40)41)25(38)21(14)20(5-12)42-10-26(29,30)31/h4-6,9,13H,2-3,8,10-11,33H2,1H3,(H2,39,40,41). The Balaban J connectivity index is 1.77. The Morgan fingerprint density at radius 3 is 2.56 bits per heavy atom. The van der Waals surface area contributed by atoms with Gasteiger partial charge in [-0.05, 0) is 30.5 Å². The van der Waals surface area contributed by atoms with Crippen LogP contribution in [0.2, 0.25) is 5.02 Å². The number of aryl methyl sites for hydroxylation is 1. The Morgan fingerprint density at radius 1 is 1.24 bits per heavy atom. The highest BCUT2D eigenvalue weighted by atomic mass is 35.5. The predicted molar refractivity (Wildman–Crippen MR) is 150 cm³/mol. The van der Waals surface area contributed by atoms with Gasteiger partial charge in [0.15, 0.2) is 19.2 Å². The van der Waals surface area contributed by atoms with Crippen molar-refractivity contribution in [1.29, 1.82) is 5.26 Å². The molecule has 0 unspecified atom stereocenters. The lowest BCUT2D eigenvalue weighted by Crippen LogP contribution is -2.27. The Morgan fingerprint density at radius 2 is 1.96 bits per heavy atom. The maximum absolute atomic E-state index is 15.7. The van der Waals surface area contributed by atoms with Crippen molar-refractivity contribution in [2.45, 2.75) is 38.4 Å². The normalized spacial score (nSPS) is 13.7. The van der Waals surface area contributed by atoms with Gasteiger partial charge in [-0.15, -0.1) is 0 Å². The number of phosphoric ester groups is 1. The molecule has 13 nitrogen and oxygen atoms in total. The van der Waals surface area contributed by atoms with Crippen molar-refractivity contribution >= 4 is 30.2 Å². The molecular formula is C26H22ClF4N6O7P. The molecule has 1 fully saturated rings. The molecule has 4 aromatic rings. The van der Waals surface area contributed by atoms with Gasteiger partial charge in [0.2, 0.25) is 0 Å². The molecule has 0 bridgehead atoms. The summed E-state index contributed by atoms with van der Waals surface area (Å²) in [5, 5.41) is 17.3. The average molecular weight is 673 g/mol. The van der Waals surface area contributed by atoms with Gasteiger partial charge in [-0.2, -0.15) is 28.6 Å². The summed E-state index contributed by atoms with van der Waals surface area (Å²) in [6, 6.07) is 5.53. The Labute approximate surface area is 255 Å². The average Bonchev–Trinajstić information content (AvgIpc) is 3.70. The number of nitrogens with zero attached hydrogens (tertiary/aromatic N) is 5. The zero-order valence-corrected chi connectivity index (χ0v) is 24.7. The highest BCUT2D eigenvalue weighted by molar-refractivity contribution is 7.46. The molecule has 45 heavy (non-hydrogen) atoms. The zero-order chi connectivity index (χ0) is 32.8. The van der Waals surface area contributed by atoms with E-state index in [4.69, 9.17) is 36.6 Å². The van der Waals surface area contributed by atoms with Gasteiger partial charge in [-0.3, -0.25) is 14.0 Å². The molecular weight excluding hydrogens is 651 g/mol. The first kappa shape index (κ1) is 32.4. The van der Waals surface area contributed by atoms with Gasteiger partial charge >= 0.3 is 14.0 Å². The van der Waals surface area contributed by atoms with Crippen molar-refractivity contribution in [3.05, 3.63) is 56.8 Å². The van der Waals surface area contributed by atoms with Crippen molar-refractivity contribution < 1.29 is 45.9 Å². The van der Waals surface area contributed by atoms with Gasteiger partial charge in [0.25, 0.3) is 5.56 Å². The van der Waals surface area contributed by atoms with E-state index in [1.54, 1.807) is 0 Å². The van der Waals surface area contributed by atoms with Crippen LogP contribution < -0.4 is 20.8 Å². The fraction of sp³-hybridized carbons (Fsp3) is 0.308. The quantitative estimate of drug-likeness (QED) is 0.162. The van der Waals surface area contributed by atoms with Crippen LogP contribution in [0.1, 0.15) is 24.1 Å². The van der Waals surface area contributed by atoms with Crippen LogP contribution in [0.5, 0.6) is 11.5 Å². The molecule has 0 amide bonds. The van der Waals surface area contributed by atoms with Gasteiger partial charge in [0, 0.05) is 30.6 Å². The van der Waals surface area contributed by atoms with Crippen molar-refractivity contribution in [3.8, 4) is 40.0 Å². The molecule has 1 saturated carbocycles. The number of ether oxygens (including phenoxy) is 2. The highest BCUT2D eigenvalue weighted by Crippen LogP contribution is 2.44. The minimum atomic E-state index is -5.08. The molecule has 5 rings (SSSR count). The van der Waals surface area contributed by atoms with E-state index < -0.39 is 56.4 Å². The lowest BCUT2D eigenvalue weighted by molar-refractivity contribution is -0.153. The summed E-state index contributed by atoms with van der Waals surface area (Å²) in [6.07, 6.45) is -2.29. The Kier molecular flexibility index (Phi) is 8.66. The summed E-state index contributed by atoms with van der Waals surface area (Å²) in [7, 11) is -3.64. The summed E-state index contributed by atoms with van der Waals surface area (Å²) in [5.74, 6) is -1.55. The number of phosphoric acid groups is 1. The van der Waals surface area contributed by atoms with E-state index in [9.17, 15) is 27.8 Å². The van der Waals surface area contributed by atoms with E-state index in [1.165, 1.54) is 30.1 Å². The number of nitriles is 1. The summed E-state index contributed by atoms with van der Waals surface area (Å²) in [5.41, 5.74) is 4.33. The molecule has 238 valence electrons. The molecule has 0 saturated heterocycles. The van der Waals surface area contributed by atoms with Crippen LogP contribution in [0.3, 0.4) is 0 Å². The maximum atomic E-state index is 15.7. The smallest absolute Gasteiger partial charge is 0.471 e. The summed E-state index contributed by atoms with van der Waals surface area (Å²) in [6.45, 7) is -3.28. The molecule has 0 atom stereocenters. The van der Waals surface area contributed by atoms with E-state index in [1.807, 2.05) is 6.07 Å². The minimum absolute atomic E-state index is 0.000961. The topological polar surface area (TPSA) is 188 Å². The van der Waals surface area contributed by atoms with Crippen LogP contribution in [-0.2, 0) is 29.4 Å². The molecule has 4 N–H and O–H groups in total. The van der Waals surface area contributed by atoms with Gasteiger partial charge in [-0.25, -0.2) is 13.6 Å². The molecule has 0 radical (unpaired) electrons. The molecule has 1 aliphatic rings. The van der Waals surface area contributed by atoms with E-state index in [-0.39, 0.29) is 55.9 Å². The van der Waals surface area contributed by atoms with Crippen LogP contribution in [0.25, 0.3) is 33.2 Å². The molecule has 2 heterocycles. The molecule has 0 aliphatic heterocycles. The third-order valence-corrected chi connectivity index (χ3v) is 7.36. The monoisotopic (exact) mass is 672 g/mol. The zero-order valence-electron chi connectivity index (χ0n) is 23.0. The minimum Gasteiger partial charge on any atom is -0.489 e. The summed E-state index contributed by atoms with van der Waals surface area (Å²) >= 11 is 6.19. The highest BCUT2D eigenvalue weighted by Gasteiger charge is 2.32. The number of alkyl halides is 3. The number of hydrogen-bond donors (Lipinski definition) is 3. The summed E-state index contributed by atoms with van der Waals surface area (Å²) in [4.78, 5) is 31.5. The van der Waals surface area contributed by atoms with Crippen LogP contribution in [0.4, 0.5) is 17.6 Å².